The molecule has 0 unspecified atom stereocenters. The first-order chi connectivity index (χ1) is 11.5. The average Bonchev–Trinajstić information content (AvgIpc) is 2.55. The Hall–Kier alpha value is -2.68. The molecule has 0 aliphatic heterocycles. The van der Waals surface area contributed by atoms with E-state index in [2.05, 4.69) is 4.98 Å². The summed E-state index contributed by atoms with van der Waals surface area (Å²) in [4.78, 5) is 17.2. The Bertz CT molecular complexity index is 867. The predicted octanol–water partition coefficient (Wildman–Crippen LogP) is 4.76. The van der Waals surface area contributed by atoms with Gasteiger partial charge in [0.25, 0.3) is 0 Å². The van der Waals surface area contributed by atoms with Crippen LogP contribution in [0.2, 0.25) is 0 Å². The van der Waals surface area contributed by atoms with E-state index in [0.717, 1.165) is 27.9 Å². The fourth-order valence-corrected chi connectivity index (χ4v) is 2.72. The molecule has 0 bridgehead atoms. The number of aryl methyl sites for hydroxylation is 1. The van der Waals surface area contributed by atoms with Gasteiger partial charge in [-0.2, -0.15) is 0 Å². The second-order valence-electron chi connectivity index (χ2n) is 6.23. The first kappa shape index (κ1) is 16.2. The number of rotatable bonds is 5. The summed E-state index contributed by atoms with van der Waals surface area (Å²) in [6.07, 6.45) is 0.467. The van der Waals surface area contributed by atoms with Gasteiger partial charge in [-0.1, -0.05) is 24.3 Å². The predicted molar refractivity (Wildman–Crippen MR) is 96.7 cm³/mol. The van der Waals surface area contributed by atoms with Crippen LogP contribution in [0.4, 0.5) is 0 Å². The van der Waals surface area contributed by atoms with Crippen LogP contribution >= 0.6 is 0 Å². The molecule has 0 amide bonds. The highest BCUT2D eigenvalue weighted by molar-refractivity contribution is 5.99. The zero-order valence-corrected chi connectivity index (χ0v) is 14.2. The monoisotopic (exact) mass is 319 g/mol. The summed E-state index contributed by atoms with van der Waals surface area (Å²) < 4.78 is 5.62. The number of nitrogens with zero attached hydrogens (tertiary/aromatic N) is 1. The molecule has 2 aromatic carbocycles. The number of aromatic nitrogens is 1. The molecule has 0 saturated heterocycles. The van der Waals surface area contributed by atoms with Crippen LogP contribution in [0.5, 0.6) is 5.75 Å². The van der Waals surface area contributed by atoms with Crippen LogP contribution in [-0.4, -0.2) is 16.9 Å². The number of ketones is 1. The quantitative estimate of drug-likeness (QED) is 0.637. The van der Waals surface area contributed by atoms with Crippen molar-refractivity contribution in [2.24, 2.45) is 0 Å². The van der Waals surface area contributed by atoms with Gasteiger partial charge in [-0.25, -0.2) is 0 Å². The fraction of sp³-hybridized carbons (Fsp3) is 0.238. The number of fused-ring (bicyclic) bond motifs is 1. The molecule has 0 saturated carbocycles. The summed E-state index contributed by atoms with van der Waals surface area (Å²) in [5, 5.41) is 1.06. The van der Waals surface area contributed by atoms with Crippen LogP contribution in [-0.2, 0) is 6.42 Å². The molecular formula is C21H21NO2. The summed E-state index contributed by atoms with van der Waals surface area (Å²) in [5.41, 5.74) is 3.52. The molecule has 3 aromatic rings. The van der Waals surface area contributed by atoms with Gasteiger partial charge in [0.2, 0.25) is 0 Å². The maximum Gasteiger partial charge on any atom is 0.167 e. The van der Waals surface area contributed by atoms with E-state index < -0.39 is 0 Å². The number of hydrogen-bond acceptors (Lipinski definition) is 3. The van der Waals surface area contributed by atoms with E-state index in [1.54, 1.807) is 0 Å². The normalized spacial score (nSPS) is 11.0. The van der Waals surface area contributed by atoms with Crippen LogP contribution in [0.1, 0.15) is 35.5 Å². The Balaban J connectivity index is 1.83. The molecule has 0 fully saturated rings. The highest BCUT2D eigenvalue weighted by Crippen LogP contribution is 2.20. The number of para-hydroxylation sites is 1. The highest BCUT2D eigenvalue weighted by Gasteiger charge is 2.11. The maximum atomic E-state index is 12.6. The number of carbonyl (C=O) groups is 1. The van der Waals surface area contributed by atoms with Crippen molar-refractivity contribution < 1.29 is 9.53 Å². The molecule has 0 aliphatic carbocycles. The van der Waals surface area contributed by atoms with Gasteiger partial charge in [-0.05, 0) is 56.7 Å². The number of Topliss-reactive ketones (excluding diaryl/α,β-unsaturated/α-hetero) is 1. The number of hydrogen-bond donors (Lipinski definition) is 0. The Morgan fingerprint density at radius 2 is 1.79 bits per heavy atom. The van der Waals surface area contributed by atoms with Crippen molar-refractivity contribution in [3.8, 4) is 5.75 Å². The lowest BCUT2D eigenvalue weighted by molar-refractivity contribution is 0.0993. The van der Waals surface area contributed by atoms with Crippen LogP contribution in [0.25, 0.3) is 10.9 Å². The van der Waals surface area contributed by atoms with Crippen molar-refractivity contribution >= 4 is 16.7 Å². The lowest BCUT2D eigenvalue weighted by atomic mass is 10.0. The summed E-state index contributed by atoms with van der Waals surface area (Å²) in [6, 6.07) is 17.3. The zero-order valence-electron chi connectivity index (χ0n) is 14.2. The highest BCUT2D eigenvalue weighted by atomic mass is 16.5. The second-order valence-corrected chi connectivity index (χ2v) is 6.23. The van der Waals surface area contributed by atoms with Crippen LogP contribution in [0.15, 0.2) is 54.6 Å². The van der Waals surface area contributed by atoms with Gasteiger partial charge in [0, 0.05) is 23.1 Å². The van der Waals surface area contributed by atoms with Gasteiger partial charge in [0.15, 0.2) is 5.78 Å². The Kier molecular flexibility index (Phi) is 4.61. The first-order valence-electron chi connectivity index (χ1n) is 8.18. The lowest BCUT2D eigenvalue weighted by Gasteiger charge is -2.10. The molecule has 0 radical (unpaired) electrons. The average molecular weight is 319 g/mol. The van der Waals surface area contributed by atoms with Crippen LogP contribution in [0, 0.1) is 6.92 Å². The van der Waals surface area contributed by atoms with E-state index in [9.17, 15) is 4.79 Å². The summed E-state index contributed by atoms with van der Waals surface area (Å²) in [6.45, 7) is 5.93. The van der Waals surface area contributed by atoms with E-state index in [1.165, 1.54) is 0 Å². The van der Waals surface area contributed by atoms with E-state index in [4.69, 9.17) is 4.74 Å². The molecule has 0 N–H and O–H groups in total. The van der Waals surface area contributed by atoms with Crippen molar-refractivity contribution in [2.75, 3.05) is 0 Å². The third kappa shape index (κ3) is 3.62. The lowest BCUT2D eigenvalue weighted by Crippen LogP contribution is -2.07. The number of carbonyl (C=O) groups excluding carboxylic acids is 1. The summed E-state index contributed by atoms with van der Waals surface area (Å²) in [7, 11) is 0. The van der Waals surface area contributed by atoms with Crippen molar-refractivity contribution in [3.63, 3.8) is 0 Å². The summed E-state index contributed by atoms with van der Waals surface area (Å²) >= 11 is 0. The van der Waals surface area contributed by atoms with Crippen LogP contribution < -0.4 is 4.74 Å². The minimum atomic E-state index is 0.0851. The van der Waals surface area contributed by atoms with Gasteiger partial charge < -0.3 is 4.74 Å². The molecule has 0 atom stereocenters. The standard InChI is InChI=1S/C21H21NO2/c1-14(2)24-19-11-9-16(10-12-19)20(23)13-18-6-4-5-17-8-7-15(3)22-21(17)18/h4-12,14H,13H2,1-3H3. The van der Waals surface area contributed by atoms with Crippen molar-refractivity contribution in [1.29, 1.82) is 0 Å². The van der Waals surface area contributed by atoms with Crippen molar-refractivity contribution in [1.82, 2.24) is 4.98 Å². The smallest absolute Gasteiger partial charge is 0.167 e. The van der Waals surface area contributed by atoms with E-state index in [-0.39, 0.29) is 11.9 Å². The molecular weight excluding hydrogens is 298 g/mol. The van der Waals surface area contributed by atoms with Gasteiger partial charge >= 0.3 is 0 Å². The molecule has 24 heavy (non-hydrogen) atoms. The topological polar surface area (TPSA) is 39.2 Å². The number of pyridine rings is 1. The molecule has 0 aliphatic rings. The number of benzene rings is 2. The van der Waals surface area contributed by atoms with Gasteiger partial charge in [-0.15, -0.1) is 0 Å². The minimum absolute atomic E-state index is 0.0851. The molecule has 3 heteroatoms. The third-order valence-electron chi connectivity index (χ3n) is 3.84. The van der Waals surface area contributed by atoms with Gasteiger partial charge in [0.1, 0.15) is 5.75 Å². The Morgan fingerprint density at radius 1 is 1.04 bits per heavy atom. The largest absolute Gasteiger partial charge is 0.491 e. The summed E-state index contributed by atoms with van der Waals surface area (Å²) in [5.74, 6) is 0.867. The van der Waals surface area contributed by atoms with E-state index in [0.29, 0.717) is 12.0 Å². The fourth-order valence-electron chi connectivity index (χ4n) is 2.72. The van der Waals surface area contributed by atoms with E-state index in [1.807, 2.05) is 75.4 Å². The van der Waals surface area contributed by atoms with Gasteiger partial charge in [0.05, 0.1) is 11.6 Å². The SMILES string of the molecule is Cc1ccc2cccc(CC(=O)c3ccc(OC(C)C)cc3)c2n1. The van der Waals surface area contributed by atoms with Crippen molar-refractivity contribution in [3.05, 3.63) is 71.4 Å². The molecule has 0 spiro atoms. The first-order valence-corrected chi connectivity index (χ1v) is 8.18. The van der Waals surface area contributed by atoms with E-state index >= 15 is 0 Å². The Morgan fingerprint density at radius 3 is 2.50 bits per heavy atom. The molecule has 1 heterocycles. The molecule has 122 valence electrons. The number of ether oxygens (including phenoxy) is 1. The molecule has 3 nitrogen and oxygen atoms in total. The second kappa shape index (κ2) is 6.83. The van der Waals surface area contributed by atoms with Crippen LogP contribution in [0.3, 0.4) is 0 Å². The Labute approximate surface area is 142 Å². The maximum absolute atomic E-state index is 12.6. The molecule has 3 rings (SSSR count). The van der Waals surface area contributed by atoms with Crippen molar-refractivity contribution in [2.45, 2.75) is 33.3 Å². The zero-order chi connectivity index (χ0) is 17.1. The minimum Gasteiger partial charge on any atom is -0.491 e. The molecule has 1 aromatic heterocycles. The van der Waals surface area contributed by atoms with Gasteiger partial charge in [-0.3, -0.25) is 9.78 Å². The third-order valence-corrected chi connectivity index (χ3v) is 3.84.